The molecule has 0 spiro atoms. The molecule has 3 heterocycles. The molecule has 0 N–H and O–H groups in total. The van der Waals surface area contributed by atoms with Gasteiger partial charge in [-0.15, -0.1) is 0 Å². The highest BCUT2D eigenvalue weighted by Crippen LogP contribution is 2.37. The zero-order valence-corrected chi connectivity index (χ0v) is 15.0. The number of hydrogen-bond donors (Lipinski definition) is 0. The Morgan fingerprint density at radius 1 is 1.36 bits per heavy atom. The molecule has 1 aliphatic rings. The molecule has 0 atom stereocenters. The highest BCUT2D eigenvalue weighted by atomic mass is 17.2. The van der Waals surface area contributed by atoms with Crippen molar-refractivity contribution in [2.75, 3.05) is 0 Å². The van der Waals surface area contributed by atoms with Crippen LogP contribution in [0.4, 0.5) is 0 Å². The van der Waals surface area contributed by atoms with Gasteiger partial charge in [-0.1, -0.05) is 32.6 Å². The zero-order chi connectivity index (χ0) is 18.1. The van der Waals surface area contributed by atoms with Gasteiger partial charge in [-0.25, -0.2) is 9.68 Å². The lowest BCUT2D eigenvalue weighted by atomic mass is 9.95. The van der Waals surface area contributed by atoms with Crippen molar-refractivity contribution in [1.82, 2.24) is 9.55 Å². The van der Waals surface area contributed by atoms with Gasteiger partial charge in [0.1, 0.15) is 0 Å². The fraction of sp³-hybridized carbons (Fsp3) is 0.300. The average Bonchev–Trinajstić information content (AvgIpc) is 2.92. The smallest absolute Gasteiger partial charge is 0.340 e. The number of pyridine rings is 1. The van der Waals surface area contributed by atoms with Gasteiger partial charge in [0.2, 0.25) is 0 Å². The Labute approximate surface area is 147 Å². The quantitative estimate of drug-likeness (QED) is 0.777. The molecule has 5 heteroatoms. The van der Waals surface area contributed by atoms with Crippen LogP contribution < -0.4 is 0 Å². The lowest BCUT2D eigenvalue weighted by Gasteiger charge is -2.19. The van der Waals surface area contributed by atoms with Crippen LogP contribution in [0.1, 0.15) is 53.8 Å². The molecule has 2 aromatic heterocycles. The van der Waals surface area contributed by atoms with Gasteiger partial charge < -0.3 is 4.57 Å². The number of aryl methyl sites for hydroxylation is 1. The Bertz CT molecular complexity index is 875. The fourth-order valence-corrected chi connectivity index (χ4v) is 3.21. The normalized spacial score (nSPS) is 14.4. The summed E-state index contributed by atoms with van der Waals surface area (Å²) in [4.78, 5) is 26.5. The van der Waals surface area contributed by atoms with E-state index in [9.17, 15) is 4.79 Å². The SMILES string of the molecule is C=C1OOC(=O)c2cn(Cc3cccc(C)n3)c(/C(=C\C)C(C)C)c21. The Kier molecular flexibility index (Phi) is 4.49. The van der Waals surface area contributed by atoms with Crippen molar-refractivity contribution in [3.8, 4) is 0 Å². The molecule has 0 saturated carbocycles. The molecule has 0 saturated heterocycles. The Balaban J connectivity index is 2.19. The molecule has 25 heavy (non-hydrogen) atoms. The minimum Gasteiger partial charge on any atom is -0.340 e. The first-order chi connectivity index (χ1) is 11.9. The number of carbonyl (C=O) groups is 1. The van der Waals surface area contributed by atoms with Crippen molar-refractivity contribution in [1.29, 1.82) is 0 Å². The molecular weight excluding hydrogens is 316 g/mol. The van der Waals surface area contributed by atoms with Crippen LogP contribution in [-0.2, 0) is 16.3 Å². The van der Waals surface area contributed by atoms with E-state index < -0.39 is 5.97 Å². The van der Waals surface area contributed by atoms with Gasteiger partial charge in [0, 0.05) is 11.9 Å². The highest BCUT2D eigenvalue weighted by molar-refractivity contribution is 5.98. The van der Waals surface area contributed by atoms with Crippen LogP contribution in [0.2, 0.25) is 0 Å². The van der Waals surface area contributed by atoms with E-state index in [1.54, 1.807) is 6.20 Å². The van der Waals surface area contributed by atoms with Crippen LogP contribution in [0, 0.1) is 12.8 Å². The second-order valence-corrected chi connectivity index (χ2v) is 6.44. The predicted molar refractivity (Wildman–Crippen MR) is 96.5 cm³/mol. The van der Waals surface area contributed by atoms with Crippen molar-refractivity contribution in [3.63, 3.8) is 0 Å². The molecule has 0 amide bonds. The van der Waals surface area contributed by atoms with Gasteiger partial charge in [-0.05, 0) is 37.5 Å². The third-order valence-electron chi connectivity index (χ3n) is 4.28. The molecule has 2 aromatic rings. The number of nitrogens with zero attached hydrogens (tertiary/aromatic N) is 2. The molecule has 5 nitrogen and oxygen atoms in total. The number of aromatic nitrogens is 2. The maximum atomic E-state index is 12.1. The van der Waals surface area contributed by atoms with Gasteiger partial charge >= 0.3 is 5.97 Å². The average molecular weight is 338 g/mol. The number of fused-ring (bicyclic) bond motifs is 1. The molecule has 0 radical (unpaired) electrons. The van der Waals surface area contributed by atoms with Gasteiger partial charge in [0.25, 0.3) is 0 Å². The first-order valence-corrected chi connectivity index (χ1v) is 8.32. The van der Waals surface area contributed by atoms with Crippen molar-refractivity contribution in [3.05, 3.63) is 65.3 Å². The van der Waals surface area contributed by atoms with Crippen LogP contribution in [-0.4, -0.2) is 15.5 Å². The molecule has 0 unspecified atom stereocenters. The van der Waals surface area contributed by atoms with E-state index in [4.69, 9.17) is 9.78 Å². The molecule has 3 rings (SSSR count). The lowest BCUT2D eigenvalue weighted by molar-refractivity contribution is -0.180. The van der Waals surface area contributed by atoms with Gasteiger partial charge in [0.05, 0.1) is 29.1 Å². The summed E-state index contributed by atoms with van der Waals surface area (Å²) in [5, 5.41) is 0. The first-order valence-electron chi connectivity index (χ1n) is 8.32. The minimum atomic E-state index is -0.501. The maximum Gasteiger partial charge on any atom is 0.388 e. The Morgan fingerprint density at radius 2 is 2.12 bits per heavy atom. The van der Waals surface area contributed by atoms with E-state index in [2.05, 4.69) is 31.5 Å². The Hall–Kier alpha value is -2.82. The summed E-state index contributed by atoms with van der Waals surface area (Å²) in [6.07, 6.45) is 3.87. The fourth-order valence-electron chi connectivity index (χ4n) is 3.21. The van der Waals surface area contributed by atoms with Crippen molar-refractivity contribution in [2.45, 2.75) is 34.2 Å². The van der Waals surface area contributed by atoms with E-state index in [0.29, 0.717) is 23.4 Å². The monoisotopic (exact) mass is 338 g/mol. The molecule has 0 aromatic carbocycles. The molecular formula is C20H22N2O3. The molecule has 0 fully saturated rings. The summed E-state index contributed by atoms with van der Waals surface area (Å²) in [5.74, 6) is 0.123. The van der Waals surface area contributed by atoms with E-state index in [1.807, 2.05) is 36.6 Å². The molecule has 130 valence electrons. The number of rotatable bonds is 4. The third kappa shape index (κ3) is 3.09. The van der Waals surface area contributed by atoms with Crippen LogP contribution in [0.3, 0.4) is 0 Å². The second-order valence-electron chi connectivity index (χ2n) is 6.44. The molecule has 1 aliphatic heterocycles. The van der Waals surface area contributed by atoms with E-state index in [1.165, 1.54) is 0 Å². The Morgan fingerprint density at radius 3 is 2.76 bits per heavy atom. The third-order valence-corrected chi connectivity index (χ3v) is 4.28. The lowest BCUT2D eigenvalue weighted by Crippen LogP contribution is -2.14. The van der Waals surface area contributed by atoms with Gasteiger partial charge in [0.15, 0.2) is 5.76 Å². The summed E-state index contributed by atoms with van der Waals surface area (Å²) in [6, 6.07) is 5.92. The van der Waals surface area contributed by atoms with E-state index >= 15 is 0 Å². The topological polar surface area (TPSA) is 53.4 Å². The molecule has 0 aliphatic carbocycles. The van der Waals surface area contributed by atoms with Crippen LogP contribution >= 0.6 is 0 Å². The zero-order valence-electron chi connectivity index (χ0n) is 15.0. The number of hydrogen-bond acceptors (Lipinski definition) is 4. The standard InChI is InChI=1S/C20H22N2O3/c1-6-16(12(2)3)19-18-14(5)24-25-20(23)17(18)11-22(19)10-15-9-7-8-13(4)21-15/h6-9,11-12H,5,10H2,1-4H3/b16-6-. The van der Waals surface area contributed by atoms with Crippen LogP contribution in [0.15, 0.2) is 37.1 Å². The summed E-state index contributed by atoms with van der Waals surface area (Å²) in [6.45, 7) is 12.7. The second kappa shape index (κ2) is 6.59. The molecule has 0 bridgehead atoms. The van der Waals surface area contributed by atoms with Crippen molar-refractivity contribution >= 4 is 17.3 Å². The van der Waals surface area contributed by atoms with E-state index in [0.717, 1.165) is 22.7 Å². The summed E-state index contributed by atoms with van der Waals surface area (Å²) in [5.41, 5.74) is 5.10. The predicted octanol–water partition coefficient (Wildman–Crippen LogP) is 4.37. The number of carbonyl (C=O) groups excluding carboxylic acids is 1. The van der Waals surface area contributed by atoms with Crippen LogP contribution in [0.5, 0.6) is 0 Å². The van der Waals surface area contributed by atoms with Crippen LogP contribution in [0.25, 0.3) is 11.3 Å². The summed E-state index contributed by atoms with van der Waals surface area (Å²) in [7, 11) is 0. The van der Waals surface area contributed by atoms with Gasteiger partial charge in [-0.3, -0.25) is 9.87 Å². The number of allylic oxidation sites excluding steroid dienone is 2. The minimum absolute atomic E-state index is 0.277. The van der Waals surface area contributed by atoms with Crippen molar-refractivity contribution in [2.24, 2.45) is 5.92 Å². The summed E-state index contributed by atoms with van der Waals surface area (Å²) < 4.78 is 2.03. The highest BCUT2D eigenvalue weighted by Gasteiger charge is 2.32. The van der Waals surface area contributed by atoms with Gasteiger partial charge in [-0.2, -0.15) is 0 Å². The largest absolute Gasteiger partial charge is 0.388 e. The maximum absolute atomic E-state index is 12.1. The first kappa shape index (κ1) is 17.0. The van der Waals surface area contributed by atoms with E-state index in [-0.39, 0.29) is 5.92 Å². The van der Waals surface area contributed by atoms with Crippen molar-refractivity contribution < 1.29 is 14.6 Å². The summed E-state index contributed by atoms with van der Waals surface area (Å²) >= 11 is 0.